The fourth-order valence-corrected chi connectivity index (χ4v) is 1.89. The molecule has 17 heavy (non-hydrogen) atoms. The molecule has 4 nitrogen and oxygen atoms in total. The summed E-state index contributed by atoms with van der Waals surface area (Å²) in [6, 6.07) is 0. The SMILES string of the molecule is CCCN(CC)CCN(CCN)CCN(C)C. The average Bonchev–Trinajstić information content (AvgIpc) is 2.30. The number of nitrogens with two attached hydrogens (primary N) is 1. The van der Waals surface area contributed by atoms with Gasteiger partial charge in [-0.2, -0.15) is 0 Å². The van der Waals surface area contributed by atoms with Gasteiger partial charge < -0.3 is 15.5 Å². The van der Waals surface area contributed by atoms with Crippen LogP contribution in [-0.2, 0) is 0 Å². The van der Waals surface area contributed by atoms with Gasteiger partial charge in [0.15, 0.2) is 0 Å². The highest BCUT2D eigenvalue weighted by Gasteiger charge is 2.07. The fourth-order valence-electron chi connectivity index (χ4n) is 1.89. The molecule has 104 valence electrons. The van der Waals surface area contributed by atoms with Crippen molar-refractivity contribution in [3.05, 3.63) is 0 Å². The van der Waals surface area contributed by atoms with E-state index in [-0.39, 0.29) is 0 Å². The van der Waals surface area contributed by atoms with Gasteiger partial charge in [-0.25, -0.2) is 0 Å². The molecule has 4 heteroatoms. The van der Waals surface area contributed by atoms with Crippen LogP contribution < -0.4 is 5.73 Å². The van der Waals surface area contributed by atoms with Gasteiger partial charge in [0.05, 0.1) is 0 Å². The lowest BCUT2D eigenvalue weighted by Gasteiger charge is -2.27. The van der Waals surface area contributed by atoms with Crippen LogP contribution in [0.1, 0.15) is 20.3 Å². The molecule has 0 aliphatic heterocycles. The van der Waals surface area contributed by atoms with Gasteiger partial charge in [0.2, 0.25) is 0 Å². The fraction of sp³-hybridized carbons (Fsp3) is 1.00. The van der Waals surface area contributed by atoms with Gasteiger partial charge in [-0.3, -0.25) is 4.90 Å². The summed E-state index contributed by atoms with van der Waals surface area (Å²) in [4.78, 5) is 7.21. The third kappa shape index (κ3) is 9.53. The molecule has 0 aromatic heterocycles. The summed E-state index contributed by atoms with van der Waals surface area (Å²) in [5.41, 5.74) is 5.66. The van der Waals surface area contributed by atoms with E-state index in [0.717, 1.165) is 45.8 Å². The first kappa shape index (κ1) is 16.8. The molecule has 0 amide bonds. The number of hydrogen-bond acceptors (Lipinski definition) is 4. The molecule has 2 N–H and O–H groups in total. The van der Waals surface area contributed by atoms with E-state index in [1.54, 1.807) is 0 Å². The Morgan fingerprint density at radius 1 is 0.765 bits per heavy atom. The highest BCUT2D eigenvalue weighted by molar-refractivity contribution is 4.64. The lowest BCUT2D eigenvalue weighted by molar-refractivity contribution is 0.198. The Labute approximate surface area is 108 Å². The van der Waals surface area contributed by atoms with Crippen LogP contribution in [0.25, 0.3) is 0 Å². The predicted molar refractivity (Wildman–Crippen MR) is 76.5 cm³/mol. The molecule has 0 bridgehead atoms. The van der Waals surface area contributed by atoms with Crippen molar-refractivity contribution in [2.24, 2.45) is 5.73 Å². The van der Waals surface area contributed by atoms with Gasteiger partial charge in [0.1, 0.15) is 0 Å². The highest BCUT2D eigenvalue weighted by atomic mass is 15.2. The zero-order valence-electron chi connectivity index (χ0n) is 12.3. The zero-order chi connectivity index (χ0) is 13.1. The molecule has 0 radical (unpaired) electrons. The Balaban J connectivity index is 3.88. The summed E-state index contributed by atoms with van der Waals surface area (Å²) in [6.07, 6.45) is 1.24. The molecule has 0 unspecified atom stereocenters. The molecule has 0 rings (SSSR count). The van der Waals surface area contributed by atoms with E-state index < -0.39 is 0 Å². The highest BCUT2D eigenvalue weighted by Crippen LogP contribution is 1.94. The van der Waals surface area contributed by atoms with Crippen molar-refractivity contribution in [1.29, 1.82) is 0 Å². The van der Waals surface area contributed by atoms with Crippen molar-refractivity contribution in [1.82, 2.24) is 14.7 Å². The molecule has 0 heterocycles. The quantitative estimate of drug-likeness (QED) is 0.575. The number of hydrogen-bond donors (Lipinski definition) is 1. The second-order valence-electron chi connectivity index (χ2n) is 4.87. The minimum Gasteiger partial charge on any atom is -0.329 e. The molecule has 0 atom stereocenters. The van der Waals surface area contributed by atoms with Gasteiger partial charge in [0.25, 0.3) is 0 Å². The molecular weight excluding hydrogens is 212 g/mol. The van der Waals surface area contributed by atoms with E-state index in [4.69, 9.17) is 5.73 Å². The van der Waals surface area contributed by atoms with Crippen molar-refractivity contribution in [2.75, 3.05) is 66.5 Å². The minimum absolute atomic E-state index is 0.757. The maximum absolute atomic E-state index is 5.66. The first-order valence-electron chi connectivity index (χ1n) is 6.93. The van der Waals surface area contributed by atoms with E-state index in [1.807, 2.05) is 0 Å². The summed E-state index contributed by atoms with van der Waals surface area (Å²) in [7, 11) is 4.24. The number of rotatable bonds is 11. The van der Waals surface area contributed by atoms with Crippen molar-refractivity contribution in [2.45, 2.75) is 20.3 Å². The molecule has 0 spiro atoms. The van der Waals surface area contributed by atoms with Gasteiger partial charge >= 0.3 is 0 Å². The molecule has 0 aliphatic carbocycles. The van der Waals surface area contributed by atoms with Crippen molar-refractivity contribution >= 4 is 0 Å². The normalized spacial score (nSPS) is 12.0. The smallest absolute Gasteiger partial charge is 0.0110 e. The predicted octanol–water partition coefficient (Wildman–Crippen LogP) is 0.541. The maximum atomic E-state index is 5.66. The van der Waals surface area contributed by atoms with Crippen LogP contribution in [0, 0.1) is 0 Å². The summed E-state index contributed by atoms with van der Waals surface area (Å²) in [5, 5.41) is 0. The van der Waals surface area contributed by atoms with Gasteiger partial charge in [0, 0.05) is 39.3 Å². The average molecular weight is 244 g/mol. The van der Waals surface area contributed by atoms with Crippen LogP contribution in [0.4, 0.5) is 0 Å². The Morgan fingerprint density at radius 2 is 1.35 bits per heavy atom. The van der Waals surface area contributed by atoms with Crippen LogP contribution in [-0.4, -0.2) is 81.2 Å². The standard InChI is InChI=1S/C13H32N4/c1-5-8-16(6-2)12-13-17(9-7-14)11-10-15(3)4/h5-14H2,1-4H3. The van der Waals surface area contributed by atoms with Crippen molar-refractivity contribution in [3.63, 3.8) is 0 Å². The van der Waals surface area contributed by atoms with Crippen LogP contribution >= 0.6 is 0 Å². The van der Waals surface area contributed by atoms with Gasteiger partial charge in [-0.1, -0.05) is 13.8 Å². The van der Waals surface area contributed by atoms with E-state index in [0.29, 0.717) is 0 Å². The molecule has 0 saturated carbocycles. The Hall–Kier alpha value is -0.160. The molecule has 0 aliphatic rings. The van der Waals surface area contributed by atoms with Crippen LogP contribution in [0.15, 0.2) is 0 Å². The third-order valence-corrected chi connectivity index (χ3v) is 3.03. The number of nitrogens with zero attached hydrogens (tertiary/aromatic N) is 3. The van der Waals surface area contributed by atoms with Crippen LogP contribution in [0.3, 0.4) is 0 Å². The van der Waals surface area contributed by atoms with E-state index >= 15 is 0 Å². The lowest BCUT2D eigenvalue weighted by atomic mass is 10.3. The second-order valence-corrected chi connectivity index (χ2v) is 4.87. The monoisotopic (exact) mass is 244 g/mol. The van der Waals surface area contributed by atoms with Gasteiger partial charge in [-0.05, 0) is 33.6 Å². The first-order chi connectivity index (χ1) is 8.13. The Kier molecular flexibility index (Phi) is 10.9. The molecule has 0 aromatic rings. The summed E-state index contributed by atoms with van der Waals surface area (Å²) in [5.74, 6) is 0. The minimum atomic E-state index is 0.757. The van der Waals surface area contributed by atoms with Crippen LogP contribution in [0.5, 0.6) is 0 Å². The van der Waals surface area contributed by atoms with Crippen LogP contribution in [0.2, 0.25) is 0 Å². The van der Waals surface area contributed by atoms with E-state index in [9.17, 15) is 0 Å². The lowest BCUT2D eigenvalue weighted by Crippen LogP contribution is -2.40. The van der Waals surface area contributed by atoms with Crippen molar-refractivity contribution < 1.29 is 0 Å². The third-order valence-electron chi connectivity index (χ3n) is 3.03. The first-order valence-corrected chi connectivity index (χ1v) is 6.93. The van der Waals surface area contributed by atoms with E-state index in [2.05, 4.69) is 42.6 Å². The molecule has 0 aromatic carbocycles. The largest absolute Gasteiger partial charge is 0.329 e. The van der Waals surface area contributed by atoms with E-state index in [1.165, 1.54) is 13.0 Å². The summed E-state index contributed by atoms with van der Waals surface area (Å²) >= 11 is 0. The topological polar surface area (TPSA) is 35.7 Å². The Morgan fingerprint density at radius 3 is 1.82 bits per heavy atom. The summed E-state index contributed by atoms with van der Waals surface area (Å²) < 4.78 is 0. The molecule has 0 saturated heterocycles. The number of likely N-dealkylation sites (N-methyl/N-ethyl adjacent to an activating group) is 2. The summed E-state index contributed by atoms with van der Waals surface area (Å²) in [6.45, 7) is 13.1. The maximum Gasteiger partial charge on any atom is 0.0110 e. The van der Waals surface area contributed by atoms with Crippen molar-refractivity contribution in [3.8, 4) is 0 Å². The molecular formula is C13H32N4. The Bertz CT molecular complexity index is 161. The van der Waals surface area contributed by atoms with Gasteiger partial charge in [-0.15, -0.1) is 0 Å². The second kappa shape index (κ2) is 11.0. The zero-order valence-corrected chi connectivity index (χ0v) is 12.3. The molecule has 0 fully saturated rings.